The molecule has 0 radical (unpaired) electrons. The van der Waals surface area contributed by atoms with Crippen molar-refractivity contribution < 1.29 is 4.79 Å². The molecule has 3 nitrogen and oxygen atoms in total. The Kier molecular flexibility index (Phi) is 4.78. The molecule has 1 aromatic rings. The molecule has 1 aliphatic rings. The third-order valence-corrected chi connectivity index (χ3v) is 3.85. The lowest BCUT2D eigenvalue weighted by Gasteiger charge is -2.20. The number of nitrogens with one attached hydrogen (secondary N) is 2. The number of amides is 1. The second-order valence-electron chi connectivity index (χ2n) is 4.73. The lowest BCUT2D eigenvalue weighted by atomic mass is 10.0. The van der Waals surface area contributed by atoms with Crippen molar-refractivity contribution >= 4 is 21.8 Å². The van der Waals surface area contributed by atoms with Crippen LogP contribution in [0.15, 0.2) is 28.7 Å². The average molecular weight is 311 g/mol. The maximum atomic E-state index is 11.1. The summed E-state index contributed by atoms with van der Waals surface area (Å²) in [5.74, 6) is 0.178. The summed E-state index contributed by atoms with van der Waals surface area (Å²) in [7, 11) is 0. The molecule has 98 valence electrons. The molecule has 2 rings (SSSR count). The predicted molar refractivity (Wildman–Crippen MR) is 76.3 cm³/mol. The topological polar surface area (TPSA) is 41.1 Å². The summed E-state index contributed by atoms with van der Waals surface area (Å²) in [6, 6.07) is 9.01. The molecule has 0 spiro atoms. The van der Waals surface area contributed by atoms with E-state index < -0.39 is 0 Å². The van der Waals surface area contributed by atoms with Gasteiger partial charge in [0.2, 0.25) is 5.91 Å². The third-order valence-electron chi connectivity index (χ3n) is 3.35. The van der Waals surface area contributed by atoms with Crippen LogP contribution in [0.1, 0.15) is 37.8 Å². The van der Waals surface area contributed by atoms with Gasteiger partial charge in [0.05, 0.1) is 0 Å². The van der Waals surface area contributed by atoms with E-state index in [-0.39, 0.29) is 5.91 Å². The van der Waals surface area contributed by atoms with Crippen LogP contribution < -0.4 is 10.6 Å². The number of rotatable bonds is 5. The van der Waals surface area contributed by atoms with Crippen LogP contribution in [0.3, 0.4) is 0 Å². The van der Waals surface area contributed by atoms with Crippen molar-refractivity contribution in [3.8, 4) is 0 Å². The lowest BCUT2D eigenvalue weighted by molar-refractivity contribution is -0.119. The highest BCUT2D eigenvalue weighted by Crippen LogP contribution is 2.21. The molecule has 4 heteroatoms. The van der Waals surface area contributed by atoms with Crippen LogP contribution in [0, 0.1) is 0 Å². The number of halogens is 1. The van der Waals surface area contributed by atoms with E-state index in [0.29, 0.717) is 18.5 Å². The first-order valence-electron chi connectivity index (χ1n) is 6.47. The molecular formula is C14H19BrN2O. The highest BCUT2D eigenvalue weighted by molar-refractivity contribution is 9.10. The molecule has 2 N–H and O–H groups in total. The summed E-state index contributed by atoms with van der Waals surface area (Å²) in [6.07, 6.45) is 2.65. The largest absolute Gasteiger partial charge is 0.352 e. The average Bonchev–Trinajstić information content (AvgIpc) is 2.76. The van der Waals surface area contributed by atoms with Gasteiger partial charge in [-0.3, -0.25) is 4.79 Å². The Morgan fingerprint density at radius 3 is 3.00 bits per heavy atom. The van der Waals surface area contributed by atoms with Crippen molar-refractivity contribution in [2.24, 2.45) is 0 Å². The summed E-state index contributed by atoms with van der Waals surface area (Å²) < 4.78 is 1.11. The molecule has 1 aromatic carbocycles. The zero-order valence-electron chi connectivity index (χ0n) is 10.6. The molecule has 2 atom stereocenters. The number of hydrogen-bond acceptors (Lipinski definition) is 2. The van der Waals surface area contributed by atoms with Gasteiger partial charge >= 0.3 is 0 Å². The van der Waals surface area contributed by atoms with Gasteiger partial charge in [0.15, 0.2) is 0 Å². The molecule has 1 heterocycles. The van der Waals surface area contributed by atoms with Crippen molar-refractivity contribution in [2.45, 2.75) is 38.3 Å². The predicted octanol–water partition coefficient (Wildman–Crippen LogP) is 2.77. The lowest BCUT2D eigenvalue weighted by Crippen LogP contribution is -2.37. The summed E-state index contributed by atoms with van der Waals surface area (Å²) in [5, 5.41) is 6.53. The normalized spacial score (nSPS) is 20.8. The van der Waals surface area contributed by atoms with Gasteiger partial charge in [-0.1, -0.05) is 35.0 Å². The van der Waals surface area contributed by atoms with Crippen LogP contribution in [0.5, 0.6) is 0 Å². The van der Waals surface area contributed by atoms with Crippen molar-refractivity contribution in [2.75, 3.05) is 6.54 Å². The monoisotopic (exact) mass is 310 g/mol. The van der Waals surface area contributed by atoms with Crippen LogP contribution in [0.4, 0.5) is 0 Å². The first kappa shape index (κ1) is 13.6. The van der Waals surface area contributed by atoms with Gasteiger partial charge in [-0.05, 0) is 30.5 Å². The first-order chi connectivity index (χ1) is 8.69. The van der Waals surface area contributed by atoms with Crippen LogP contribution >= 0.6 is 15.9 Å². The number of benzene rings is 1. The Hall–Kier alpha value is -0.870. The Balaban J connectivity index is 1.91. The van der Waals surface area contributed by atoms with E-state index in [1.807, 2.05) is 6.07 Å². The molecule has 1 amide bonds. The SMILES string of the molecule is CCC(NCC1CCC(=O)N1)c1cccc(Br)c1. The van der Waals surface area contributed by atoms with E-state index >= 15 is 0 Å². The van der Waals surface area contributed by atoms with E-state index in [9.17, 15) is 4.79 Å². The minimum atomic E-state index is 0.178. The van der Waals surface area contributed by atoms with Gasteiger partial charge in [-0.15, -0.1) is 0 Å². The molecule has 2 unspecified atom stereocenters. The molecule has 0 aromatic heterocycles. The summed E-state index contributed by atoms with van der Waals surface area (Å²) in [6.45, 7) is 3.02. The second-order valence-corrected chi connectivity index (χ2v) is 5.64. The van der Waals surface area contributed by atoms with Gasteiger partial charge in [-0.2, -0.15) is 0 Å². The van der Waals surface area contributed by atoms with Crippen molar-refractivity contribution in [1.82, 2.24) is 10.6 Å². The third kappa shape index (κ3) is 3.56. The maximum absolute atomic E-state index is 11.1. The van der Waals surface area contributed by atoms with E-state index in [4.69, 9.17) is 0 Å². The maximum Gasteiger partial charge on any atom is 0.220 e. The van der Waals surface area contributed by atoms with Crippen LogP contribution in [-0.4, -0.2) is 18.5 Å². The second kappa shape index (κ2) is 6.34. The zero-order valence-corrected chi connectivity index (χ0v) is 12.2. The molecule has 1 aliphatic heterocycles. The molecule has 1 fully saturated rings. The van der Waals surface area contributed by atoms with Gasteiger partial charge in [0.25, 0.3) is 0 Å². The fourth-order valence-electron chi connectivity index (χ4n) is 2.34. The fraction of sp³-hybridized carbons (Fsp3) is 0.500. The summed E-state index contributed by atoms with van der Waals surface area (Å²) >= 11 is 3.50. The minimum Gasteiger partial charge on any atom is -0.352 e. The molecule has 0 bridgehead atoms. The summed E-state index contributed by atoms with van der Waals surface area (Å²) in [4.78, 5) is 11.1. The highest BCUT2D eigenvalue weighted by atomic mass is 79.9. The number of carbonyl (C=O) groups is 1. The zero-order chi connectivity index (χ0) is 13.0. The van der Waals surface area contributed by atoms with Crippen molar-refractivity contribution in [1.29, 1.82) is 0 Å². The highest BCUT2D eigenvalue weighted by Gasteiger charge is 2.21. The molecule has 0 aliphatic carbocycles. The van der Waals surface area contributed by atoms with Crippen molar-refractivity contribution in [3.05, 3.63) is 34.3 Å². The van der Waals surface area contributed by atoms with Gasteiger partial charge in [0, 0.05) is 29.5 Å². The molecular weight excluding hydrogens is 292 g/mol. The standard InChI is InChI=1S/C14H19BrN2O/c1-2-13(10-4-3-5-11(15)8-10)16-9-12-6-7-14(18)17-12/h3-5,8,12-13,16H,2,6-7,9H2,1H3,(H,17,18). The van der Waals surface area contributed by atoms with Crippen molar-refractivity contribution in [3.63, 3.8) is 0 Å². The van der Waals surface area contributed by atoms with Crippen LogP contribution in [0.2, 0.25) is 0 Å². The Bertz CT molecular complexity index is 422. The van der Waals surface area contributed by atoms with E-state index in [1.54, 1.807) is 0 Å². The first-order valence-corrected chi connectivity index (χ1v) is 7.26. The quantitative estimate of drug-likeness (QED) is 0.878. The minimum absolute atomic E-state index is 0.178. The summed E-state index contributed by atoms with van der Waals surface area (Å²) in [5.41, 5.74) is 1.29. The van der Waals surface area contributed by atoms with Gasteiger partial charge in [0.1, 0.15) is 0 Å². The number of carbonyl (C=O) groups excluding carboxylic acids is 1. The Morgan fingerprint density at radius 1 is 1.56 bits per heavy atom. The number of hydrogen-bond donors (Lipinski definition) is 2. The van der Waals surface area contributed by atoms with E-state index in [0.717, 1.165) is 23.9 Å². The Morgan fingerprint density at radius 2 is 2.39 bits per heavy atom. The van der Waals surface area contributed by atoms with Crippen LogP contribution in [-0.2, 0) is 4.79 Å². The smallest absolute Gasteiger partial charge is 0.220 e. The molecule has 0 saturated carbocycles. The molecule has 1 saturated heterocycles. The van der Waals surface area contributed by atoms with Gasteiger partial charge < -0.3 is 10.6 Å². The van der Waals surface area contributed by atoms with Gasteiger partial charge in [-0.25, -0.2) is 0 Å². The Labute approximate surface area is 116 Å². The fourth-order valence-corrected chi connectivity index (χ4v) is 2.75. The van der Waals surface area contributed by atoms with E-state index in [1.165, 1.54) is 5.56 Å². The van der Waals surface area contributed by atoms with E-state index in [2.05, 4.69) is 51.7 Å². The molecule has 18 heavy (non-hydrogen) atoms. The van der Waals surface area contributed by atoms with Crippen LogP contribution in [0.25, 0.3) is 0 Å².